The minimum Gasteiger partial charge on any atom is -0.349 e. The van der Waals surface area contributed by atoms with Crippen LogP contribution in [0.25, 0.3) is 0 Å². The van der Waals surface area contributed by atoms with Gasteiger partial charge in [0.15, 0.2) is 0 Å². The second kappa shape index (κ2) is 7.24. The van der Waals surface area contributed by atoms with E-state index in [-0.39, 0.29) is 16.8 Å². The van der Waals surface area contributed by atoms with E-state index in [1.54, 1.807) is 19.1 Å². The average molecular weight is 324 g/mol. The zero-order valence-corrected chi connectivity index (χ0v) is 13.9. The van der Waals surface area contributed by atoms with Crippen LogP contribution in [0.15, 0.2) is 29.2 Å². The lowest BCUT2D eigenvalue weighted by molar-refractivity contribution is 0.0910. The molecule has 0 aliphatic heterocycles. The van der Waals surface area contributed by atoms with Crippen molar-refractivity contribution in [3.8, 4) is 0 Å². The second-order valence-corrected chi connectivity index (χ2v) is 7.63. The molecule has 2 rings (SSSR count). The number of nitrogens with one attached hydrogen (secondary N) is 2. The third-order valence-electron chi connectivity index (χ3n) is 4.19. The van der Waals surface area contributed by atoms with Crippen molar-refractivity contribution in [2.75, 3.05) is 6.54 Å². The molecule has 0 heterocycles. The van der Waals surface area contributed by atoms with Gasteiger partial charge in [-0.2, -0.15) is 0 Å². The van der Waals surface area contributed by atoms with E-state index in [9.17, 15) is 13.2 Å². The molecule has 2 atom stereocenters. The van der Waals surface area contributed by atoms with Crippen LogP contribution in [0.5, 0.6) is 0 Å². The van der Waals surface area contributed by atoms with E-state index < -0.39 is 10.0 Å². The van der Waals surface area contributed by atoms with Gasteiger partial charge in [-0.25, -0.2) is 13.1 Å². The van der Waals surface area contributed by atoms with Gasteiger partial charge in [0.25, 0.3) is 5.91 Å². The van der Waals surface area contributed by atoms with Crippen LogP contribution in [0.1, 0.15) is 49.9 Å². The summed E-state index contributed by atoms with van der Waals surface area (Å²) in [5.74, 6) is 0.359. The summed E-state index contributed by atoms with van der Waals surface area (Å²) in [6.07, 6.45) is 4.53. The Kier molecular flexibility index (Phi) is 5.58. The van der Waals surface area contributed by atoms with Gasteiger partial charge in [0, 0.05) is 18.2 Å². The molecular formula is C16H24N2O3S. The molecule has 1 aliphatic rings. The highest BCUT2D eigenvalue weighted by Crippen LogP contribution is 2.24. The maximum Gasteiger partial charge on any atom is 0.251 e. The molecule has 0 bridgehead atoms. The summed E-state index contributed by atoms with van der Waals surface area (Å²) in [6.45, 7) is 4.23. The van der Waals surface area contributed by atoms with Crippen LogP contribution < -0.4 is 10.0 Å². The second-order valence-electron chi connectivity index (χ2n) is 5.87. The Balaban J connectivity index is 2.05. The number of hydrogen-bond donors (Lipinski definition) is 2. The Morgan fingerprint density at radius 1 is 1.18 bits per heavy atom. The molecule has 22 heavy (non-hydrogen) atoms. The number of hydrogen-bond acceptors (Lipinski definition) is 3. The maximum atomic E-state index is 12.3. The van der Waals surface area contributed by atoms with E-state index in [0.29, 0.717) is 18.0 Å². The largest absolute Gasteiger partial charge is 0.349 e. The quantitative estimate of drug-likeness (QED) is 0.872. The zero-order chi connectivity index (χ0) is 16.2. The van der Waals surface area contributed by atoms with Gasteiger partial charge in [0.05, 0.1) is 4.90 Å². The van der Waals surface area contributed by atoms with Gasteiger partial charge in [-0.1, -0.05) is 26.7 Å². The first-order chi connectivity index (χ1) is 10.4. The minimum absolute atomic E-state index is 0.133. The van der Waals surface area contributed by atoms with Gasteiger partial charge >= 0.3 is 0 Å². The average Bonchev–Trinajstić information content (AvgIpc) is 2.49. The molecule has 1 aromatic carbocycles. The number of benzene rings is 1. The van der Waals surface area contributed by atoms with Gasteiger partial charge in [0.2, 0.25) is 10.0 Å². The molecule has 0 unspecified atom stereocenters. The van der Waals surface area contributed by atoms with E-state index in [1.807, 2.05) is 0 Å². The van der Waals surface area contributed by atoms with Gasteiger partial charge in [-0.15, -0.1) is 0 Å². The lowest BCUT2D eigenvalue weighted by Crippen LogP contribution is -2.41. The van der Waals surface area contributed by atoms with Crippen LogP contribution in [0.4, 0.5) is 0 Å². The van der Waals surface area contributed by atoms with Crippen LogP contribution in [0.2, 0.25) is 0 Å². The van der Waals surface area contributed by atoms with E-state index in [1.165, 1.54) is 18.6 Å². The molecule has 6 heteroatoms. The standard InChI is InChI=1S/C16H24N2O3S/c1-3-17-22(20,21)14-10-8-13(9-11-14)16(19)18-15-7-5-4-6-12(15)2/h8-12,15,17H,3-7H2,1-2H3,(H,18,19)/t12-,15+/m1/s1. The Morgan fingerprint density at radius 2 is 1.82 bits per heavy atom. The molecule has 1 fully saturated rings. The van der Waals surface area contributed by atoms with Crippen molar-refractivity contribution >= 4 is 15.9 Å². The third-order valence-corrected chi connectivity index (χ3v) is 5.75. The summed E-state index contributed by atoms with van der Waals surface area (Å²) in [6, 6.07) is 6.28. The summed E-state index contributed by atoms with van der Waals surface area (Å²) >= 11 is 0. The fourth-order valence-electron chi connectivity index (χ4n) is 2.84. The summed E-state index contributed by atoms with van der Waals surface area (Å²) in [7, 11) is -3.47. The highest BCUT2D eigenvalue weighted by atomic mass is 32.2. The monoisotopic (exact) mass is 324 g/mol. The van der Waals surface area contributed by atoms with Gasteiger partial charge in [-0.3, -0.25) is 4.79 Å². The van der Waals surface area contributed by atoms with Crippen molar-refractivity contribution in [3.05, 3.63) is 29.8 Å². The number of carbonyl (C=O) groups is 1. The molecule has 0 aromatic heterocycles. The molecule has 1 saturated carbocycles. The Hall–Kier alpha value is -1.40. The SMILES string of the molecule is CCNS(=O)(=O)c1ccc(C(=O)N[C@H]2CCCC[C@H]2C)cc1. The normalized spacial score (nSPS) is 22.3. The lowest BCUT2D eigenvalue weighted by atomic mass is 9.86. The van der Waals surface area contributed by atoms with Crippen LogP contribution in [-0.4, -0.2) is 26.9 Å². The van der Waals surface area contributed by atoms with Crippen molar-refractivity contribution in [3.63, 3.8) is 0 Å². The molecule has 0 saturated heterocycles. The molecule has 5 nitrogen and oxygen atoms in total. The Bertz CT molecular complexity index is 611. The first kappa shape index (κ1) is 17.0. The molecule has 1 aromatic rings. The predicted octanol–water partition coefficient (Wildman–Crippen LogP) is 2.29. The van der Waals surface area contributed by atoms with Gasteiger partial charge in [0.1, 0.15) is 0 Å². The van der Waals surface area contributed by atoms with E-state index in [0.717, 1.165) is 19.3 Å². The van der Waals surface area contributed by atoms with Crippen LogP contribution in [0, 0.1) is 5.92 Å². The first-order valence-electron chi connectivity index (χ1n) is 7.84. The number of rotatable bonds is 5. The van der Waals surface area contributed by atoms with Crippen LogP contribution >= 0.6 is 0 Å². The van der Waals surface area contributed by atoms with Crippen molar-refractivity contribution in [2.45, 2.75) is 50.5 Å². The maximum absolute atomic E-state index is 12.3. The number of amides is 1. The summed E-state index contributed by atoms with van der Waals surface area (Å²) in [4.78, 5) is 12.4. The molecule has 1 amide bonds. The molecule has 0 spiro atoms. The lowest BCUT2D eigenvalue weighted by Gasteiger charge is -2.29. The fraction of sp³-hybridized carbons (Fsp3) is 0.562. The number of carbonyl (C=O) groups excluding carboxylic acids is 1. The Morgan fingerprint density at radius 3 is 2.41 bits per heavy atom. The summed E-state index contributed by atoms with van der Waals surface area (Å²) < 4.78 is 26.2. The van der Waals surface area contributed by atoms with Crippen molar-refractivity contribution in [2.24, 2.45) is 5.92 Å². The number of sulfonamides is 1. The Labute approximate surface area is 132 Å². The molecule has 0 radical (unpaired) electrons. The zero-order valence-electron chi connectivity index (χ0n) is 13.1. The summed E-state index contributed by atoms with van der Waals surface area (Å²) in [5.41, 5.74) is 0.494. The van der Waals surface area contributed by atoms with E-state index in [4.69, 9.17) is 0 Å². The fourth-order valence-corrected chi connectivity index (χ4v) is 3.88. The molecule has 2 N–H and O–H groups in total. The van der Waals surface area contributed by atoms with E-state index >= 15 is 0 Å². The highest BCUT2D eigenvalue weighted by Gasteiger charge is 2.23. The van der Waals surface area contributed by atoms with Crippen LogP contribution in [-0.2, 0) is 10.0 Å². The highest BCUT2D eigenvalue weighted by molar-refractivity contribution is 7.89. The predicted molar refractivity (Wildman–Crippen MR) is 86.2 cm³/mol. The molecule has 1 aliphatic carbocycles. The van der Waals surface area contributed by atoms with Crippen molar-refractivity contribution in [1.82, 2.24) is 10.0 Å². The van der Waals surface area contributed by atoms with Crippen molar-refractivity contribution in [1.29, 1.82) is 0 Å². The smallest absolute Gasteiger partial charge is 0.251 e. The van der Waals surface area contributed by atoms with Crippen molar-refractivity contribution < 1.29 is 13.2 Å². The minimum atomic E-state index is -3.47. The van der Waals surface area contributed by atoms with Gasteiger partial charge < -0.3 is 5.32 Å². The van der Waals surface area contributed by atoms with Gasteiger partial charge in [-0.05, 0) is 43.0 Å². The molecular weight excluding hydrogens is 300 g/mol. The van der Waals surface area contributed by atoms with E-state index in [2.05, 4.69) is 17.0 Å². The summed E-state index contributed by atoms with van der Waals surface area (Å²) in [5, 5.41) is 3.06. The third kappa shape index (κ3) is 4.08. The van der Waals surface area contributed by atoms with Crippen LogP contribution in [0.3, 0.4) is 0 Å². The molecule has 122 valence electrons. The first-order valence-corrected chi connectivity index (χ1v) is 9.33. The topological polar surface area (TPSA) is 75.3 Å².